The number of benzene rings is 2. The molecular formula is C18H21NO. The topological polar surface area (TPSA) is 29.1 Å². The lowest BCUT2D eigenvalue weighted by molar-refractivity contribution is 0.0951. The number of hydrogen-bond donors (Lipinski definition) is 1. The molecule has 20 heavy (non-hydrogen) atoms. The van der Waals surface area contributed by atoms with E-state index in [0.717, 1.165) is 16.7 Å². The molecule has 1 amide bonds. The van der Waals surface area contributed by atoms with E-state index in [9.17, 15) is 4.79 Å². The van der Waals surface area contributed by atoms with Crippen molar-refractivity contribution in [3.63, 3.8) is 0 Å². The normalized spacial score (nSPS) is 11.9. The van der Waals surface area contributed by atoms with Crippen LogP contribution in [0.15, 0.2) is 48.5 Å². The fourth-order valence-electron chi connectivity index (χ4n) is 2.22. The third-order valence-electron chi connectivity index (χ3n) is 3.58. The minimum atomic E-state index is 0.00832. The van der Waals surface area contributed by atoms with Crippen LogP contribution >= 0.6 is 0 Å². The molecule has 2 rings (SSSR count). The second kappa shape index (κ2) is 6.38. The van der Waals surface area contributed by atoms with Crippen LogP contribution in [0.1, 0.15) is 39.9 Å². The second-order valence-electron chi connectivity index (χ2n) is 5.34. The first kappa shape index (κ1) is 14.3. The fourth-order valence-corrected chi connectivity index (χ4v) is 2.22. The third-order valence-corrected chi connectivity index (χ3v) is 3.58. The number of nitrogens with one attached hydrogen (secondary N) is 1. The second-order valence-corrected chi connectivity index (χ2v) is 5.34. The zero-order valence-electron chi connectivity index (χ0n) is 12.3. The molecule has 2 aromatic carbocycles. The minimum Gasteiger partial charge on any atom is -0.351 e. The smallest absolute Gasteiger partial charge is 0.251 e. The number of carbonyl (C=O) groups excluding carboxylic acids is 1. The van der Waals surface area contributed by atoms with Gasteiger partial charge < -0.3 is 5.32 Å². The van der Waals surface area contributed by atoms with Gasteiger partial charge in [0.2, 0.25) is 0 Å². The summed E-state index contributed by atoms with van der Waals surface area (Å²) in [5.41, 5.74) is 4.14. The van der Waals surface area contributed by atoms with Crippen LogP contribution in [-0.2, 0) is 0 Å². The van der Waals surface area contributed by atoms with Crippen molar-refractivity contribution >= 4 is 5.91 Å². The van der Waals surface area contributed by atoms with Crippen LogP contribution < -0.4 is 5.32 Å². The lowest BCUT2D eigenvalue weighted by Gasteiger charge is -2.14. The van der Waals surface area contributed by atoms with Crippen LogP contribution in [0, 0.1) is 13.8 Å². The van der Waals surface area contributed by atoms with Gasteiger partial charge in [0.15, 0.2) is 0 Å². The van der Waals surface area contributed by atoms with Gasteiger partial charge in [0.1, 0.15) is 0 Å². The highest BCUT2D eigenvalue weighted by Crippen LogP contribution is 2.14. The Kier molecular flexibility index (Phi) is 4.57. The maximum atomic E-state index is 12.2. The molecule has 1 unspecified atom stereocenters. The highest BCUT2D eigenvalue weighted by atomic mass is 16.1. The van der Waals surface area contributed by atoms with Crippen LogP contribution in [0.25, 0.3) is 0 Å². The highest BCUT2D eigenvalue weighted by molar-refractivity contribution is 5.95. The quantitative estimate of drug-likeness (QED) is 0.896. The van der Waals surface area contributed by atoms with E-state index >= 15 is 0 Å². The van der Waals surface area contributed by atoms with E-state index in [1.165, 1.54) is 5.56 Å². The van der Waals surface area contributed by atoms with Crippen molar-refractivity contribution in [1.29, 1.82) is 0 Å². The van der Waals surface area contributed by atoms with E-state index in [0.29, 0.717) is 12.5 Å². The lowest BCUT2D eigenvalue weighted by Crippen LogP contribution is -2.28. The van der Waals surface area contributed by atoms with Crippen molar-refractivity contribution in [3.8, 4) is 0 Å². The van der Waals surface area contributed by atoms with E-state index in [1.54, 1.807) is 0 Å². The Bertz CT molecular complexity index is 590. The molecule has 0 aliphatic heterocycles. The van der Waals surface area contributed by atoms with Gasteiger partial charge in [0.05, 0.1) is 0 Å². The Balaban J connectivity index is 2.00. The Hall–Kier alpha value is -2.09. The van der Waals surface area contributed by atoms with Crippen molar-refractivity contribution in [2.24, 2.45) is 0 Å². The van der Waals surface area contributed by atoms with E-state index in [1.807, 2.05) is 50.2 Å². The number of carbonyl (C=O) groups is 1. The van der Waals surface area contributed by atoms with Crippen LogP contribution in [0.2, 0.25) is 0 Å². The molecule has 0 bridgehead atoms. The maximum Gasteiger partial charge on any atom is 0.251 e. The number of hydrogen-bond acceptors (Lipinski definition) is 1. The Morgan fingerprint density at radius 2 is 1.80 bits per heavy atom. The molecule has 1 atom stereocenters. The lowest BCUT2D eigenvalue weighted by atomic mass is 10.0. The van der Waals surface area contributed by atoms with Crippen LogP contribution in [0.4, 0.5) is 0 Å². The van der Waals surface area contributed by atoms with E-state index in [-0.39, 0.29) is 5.91 Å². The average Bonchev–Trinajstić information content (AvgIpc) is 2.47. The highest BCUT2D eigenvalue weighted by Gasteiger charge is 2.11. The predicted octanol–water partition coefficient (Wildman–Crippen LogP) is 3.84. The van der Waals surface area contributed by atoms with Gasteiger partial charge in [-0.15, -0.1) is 0 Å². The molecule has 0 aromatic heterocycles. The van der Waals surface area contributed by atoms with Gasteiger partial charge in [-0.25, -0.2) is 0 Å². The molecular weight excluding hydrogens is 246 g/mol. The van der Waals surface area contributed by atoms with Crippen molar-refractivity contribution in [2.75, 3.05) is 6.54 Å². The molecule has 0 aliphatic carbocycles. The summed E-state index contributed by atoms with van der Waals surface area (Å²) in [6.45, 7) is 6.74. The molecule has 0 fully saturated rings. The van der Waals surface area contributed by atoms with Crippen molar-refractivity contribution < 1.29 is 4.79 Å². The first-order chi connectivity index (χ1) is 9.58. The van der Waals surface area contributed by atoms with Gasteiger partial charge in [-0.2, -0.15) is 0 Å². The number of amides is 1. The molecule has 104 valence electrons. The molecule has 0 heterocycles. The maximum absolute atomic E-state index is 12.2. The van der Waals surface area contributed by atoms with Gasteiger partial charge >= 0.3 is 0 Å². The molecule has 0 spiro atoms. The summed E-state index contributed by atoms with van der Waals surface area (Å²) in [6, 6.07) is 16.2. The van der Waals surface area contributed by atoms with E-state index in [2.05, 4.69) is 24.4 Å². The van der Waals surface area contributed by atoms with Crippen molar-refractivity contribution in [3.05, 3.63) is 70.8 Å². The van der Waals surface area contributed by atoms with E-state index in [4.69, 9.17) is 0 Å². The first-order valence-electron chi connectivity index (χ1n) is 6.98. The largest absolute Gasteiger partial charge is 0.351 e. The van der Waals surface area contributed by atoms with Crippen molar-refractivity contribution in [1.82, 2.24) is 5.32 Å². The van der Waals surface area contributed by atoms with Crippen LogP contribution in [-0.4, -0.2) is 12.5 Å². The SMILES string of the molecule is Cc1ccc(C)c(C(=O)NCC(C)c2ccccc2)c1. The molecule has 2 aromatic rings. The van der Waals surface area contributed by atoms with Crippen LogP contribution in [0.5, 0.6) is 0 Å². The standard InChI is InChI=1S/C18H21NO/c1-13-9-10-14(2)17(11-13)18(20)19-12-15(3)16-7-5-4-6-8-16/h4-11,15H,12H2,1-3H3,(H,19,20). The number of rotatable bonds is 4. The molecule has 2 heteroatoms. The summed E-state index contributed by atoms with van der Waals surface area (Å²) in [7, 11) is 0. The van der Waals surface area contributed by atoms with Gasteiger partial charge in [0.25, 0.3) is 5.91 Å². The number of aryl methyl sites for hydroxylation is 2. The monoisotopic (exact) mass is 267 g/mol. The fraction of sp³-hybridized carbons (Fsp3) is 0.278. The Morgan fingerprint density at radius 1 is 1.10 bits per heavy atom. The van der Waals surface area contributed by atoms with Gasteiger partial charge in [-0.1, -0.05) is 55.0 Å². The average molecular weight is 267 g/mol. The predicted molar refractivity (Wildman–Crippen MR) is 83.1 cm³/mol. The zero-order valence-corrected chi connectivity index (χ0v) is 12.3. The van der Waals surface area contributed by atoms with Gasteiger partial charge in [-0.3, -0.25) is 4.79 Å². The molecule has 0 radical (unpaired) electrons. The third kappa shape index (κ3) is 3.47. The summed E-state index contributed by atoms with van der Waals surface area (Å²) in [6.07, 6.45) is 0. The summed E-state index contributed by atoms with van der Waals surface area (Å²) < 4.78 is 0. The first-order valence-corrected chi connectivity index (χ1v) is 6.98. The summed E-state index contributed by atoms with van der Waals surface area (Å²) in [5.74, 6) is 0.319. The Labute approximate surface area is 120 Å². The van der Waals surface area contributed by atoms with Crippen LogP contribution in [0.3, 0.4) is 0 Å². The molecule has 1 N–H and O–H groups in total. The van der Waals surface area contributed by atoms with E-state index < -0.39 is 0 Å². The molecule has 0 saturated carbocycles. The van der Waals surface area contributed by atoms with Gasteiger partial charge in [-0.05, 0) is 37.0 Å². The van der Waals surface area contributed by atoms with Crippen molar-refractivity contribution in [2.45, 2.75) is 26.7 Å². The van der Waals surface area contributed by atoms with Gasteiger partial charge in [0, 0.05) is 12.1 Å². The summed E-state index contributed by atoms with van der Waals surface area (Å²) >= 11 is 0. The Morgan fingerprint density at radius 3 is 2.50 bits per heavy atom. The molecule has 0 aliphatic rings. The molecule has 0 saturated heterocycles. The summed E-state index contributed by atoms with van der Waals surface area (Å²) in [4.78, 5) is 12.2. The minimum absolute atomic E-state index is 0.00832. The molecule has 2 nitrogen and oxygen atoms in total. The summed E-state index contributed by atoms with van der Waals surface area (Å²) in [5, 5.41) is 3.03. The zero-order chi connectivity index (χ0) is 14.5.